The van der Waals surface area contributed by atoms with Crippen LogP contribution < -0.4 is 0 Å². The first-order valence-electron chi connectivity index (χ1n) is 7.86. The molecule has 3 aromatic rings. The second-order valence-electron chi connectivity index (χ2n) is 6.22. The highest BCUT2D eigenvalue weighted by Gasteiger charge is 2.35. The lowest BCUT2D eigenvalue weighted by Gasteiger charge is -2.24. The van der Waals surface area contributed by atoms with Crippen molar-refractivity contribution >= 4 is 5.57 Å². The van der Waals surface area contributed by atoms with Gasteiger partial charge in [0.25, 0.3) is 0 Å². The van der Waals surface area contributed by atoms with Crippen LogP contribution in [0.15, 0.2) is 84.9 Å². The van der Waals surface area contributed by atoms with E-state index < -0.39 is 0 Å². The van der Waals surface area contributed by atoms with Crippen molar-refractivity contribution in [1.82, 2.24) is 0 Å². The average Bonchev–Trinajstić information content (AvgIpc) is 2.91. The molecule has 0 heterocycles. The predicted molar refractivity (Wildman–Crippen MR) is 94.5 cm³/mol. The SMILES string of the molecule is CC1(c2ccccc2)C=C(c2ccc(O)cc2)c2ccccc21. The van der Waals surface area contributed by atoms with Gasteiger partial charge in [0.2, 0.25) is 0 Å². The summed E-state index contributed by atoms with van der Waals surface area (Å²) in [7, 11) is 0. The number of fused-ring (bicyclic) bond motifs is 1. The Morgan fingerprint density at radius 2 is 1.39 bits per heavy atom. The van der Waals surface area contributed by atoms with Crippen molar-refractivity contribution in [3.8, 4) is 5.75 Å². The van der Waals surface area contributed by atoms with Gasteiger partial charge < -0.3 is 5.11 Å². The van der Waals surface area contributed by atoms with Crippen LogP contribution in [-0.2, 0) is 5.41 Å². The van der Waals surface area contributed by atoms with Gasteiger partial charge in [0.15, 0.2) is 0 Å². The van der Waals surface area contributed by atoms with Crippen molar-refractivity contribution in [2.24, 2.45) is 0 Å². The smallest absolute Gasteiger partial charge is 0.115 e. The van der Waals surface area contributed by atoms with Gasteiger partial charge in [0, 0.05) is 5.41 Å². The second kappa shape index (κ2) is 5.13. The molecule has 3 aromatic carbocycles. The van der Waals surface area contributed by atoms with Gasteiger partial charge in [-0.05, 0) is 46.9 Å². The number of phenols is 1. The molecule has 0 saturated carbocycles. The maximum Gasteiger partial charge on any atom is 0.115 e. The van der Waals surface area contributed by atoms with Crippen LogP contribution in [0.5, 0.6) is 5.75 Å². The van der Waals surface area contributed by atoms with Crippen LogP contribution in [0, 0.1) is 0 Å². The van der Waals surface area contributed by atoms with Crippen LogP contribution in [0.3, 0.4) is 0 Å². The highest BCUT2D eigenvalue weighted by atomic mass is 16.3. The maximum absolute atomic E-state index is 9.56. The van der Waals surface area contributed by atoms with Crippen molar-refractivity contribution in [2.75, 3.05) is 0 Å². The molecule has 4 rings (SSSR count). The zero-order valence-corrected chi connectivity index (χ0v) is 13.0. The van der Waals surface area contributed by atoms with Crippen LogP contribution in [-0.4, -0.2) is 5.11 Å². The first-order valence-corrected chi connectivity index (χ1v) is 7.86. The van der Waals surface area contributed by atoms with Gasteiger partial charge in [0.05, 0.1) is 0 Å². The third-order valence-electron chi connectivity index (χ3n) is 4.76. The molecular formula is C22H18O. The summed E-state index contributed by atoms with van der Waals surface area (Å²) in [5.74, 6) is 0.298. The molecular weight excluding hydrogens is 280 g/mol. The minimum atomic E-state index is -0.134. The largest absolute Gasteiger partial charge is 0.508 e. The minimum absolute atomic E-state index is 0.134. The summed E-state index contributed by atoms with van der Waals surface area (Å²) in [6.07, 6.45) is 2.35. The monoisotopic (exact) mass is 298 g/mol. The van der Waals surface area contributed by atoms with E-state index in [1.54, 1.807) is 12.1 Å². The average molecular weight is 298 g/mol. The third-order valence-corrected chi connectivity index (χ3v) is 4.76. The van der Waals surface area contributed by atoms with Crippen LogP contribution in [0.4, 0.5) is 0 Å². The summed E-state index contributed by atoms with van der Waals surface area (Å²) in [5, 5.41) is 9.56. The standard InChI is InChI=1S/C22H18O/c1-22(17-7-3-2-4-8-17)15-20(16-11-13-18(23)14-12-16)19-9-5-6-10-21(19)22/h2-15,23H,1H3. The van der Waals surface area contributed by atoms with E-state index in [0.29, 0.717) is 5.75 Å². The van der Waals surface area contributed by atoms with Crippen molar-refractivity contribution in [1.29, 1.82) is 0 Å². The maximum atomic E-state index is 9.56. The summed E-state index contributed by atoms with van der Waals surface area (Å²) in [6, 6.07) is 26.7. The molecule has 1 nitrogen and oxygen atoms in total. The van der Waals surface area contributed by atoms with Gasteiger partial charge in [-0.3, -0.25) is 0 Å². The third kappa shape index (κ3) is 2.17. The number of hydrogen-bond acceptors (Lipinski definition) is 1. The Morgan fingerprint density at radius 3 is 2.13 bits per heavy atom. The Balaban J connectivity index is 1.94. The Kier molecular flexibility index (Phi) is 3.09. The zero-order chi connectivity index (χ0) is 15.9. The normalized spacial score (nSPS) is 19.3. The van der Waals surface area contributed by atoms with Gasteiger partial charge in [0.1, 0.15) is 5.75 Å². The van der Waals surface area contributed by atoms with E-state index >= 15 is 0 Å². The molecule has 0 fully saturated rings. The number of allylic oxidation sites excluding steroid dienone is 1. The van der Waals surface area contributed by atoms with E-state index in [4.69, 9.17) is 0 Å². The van der Waals surface area contributed by atoms with Crippen molar-refractivity contribution in [3.05, 3.63) is 107 Å². The Morgan fingerprint density at radius 1 is 0.739 bits per heavy atom. The Labute approximate surface area is 136 Å². The van der Waals surface area contributed by atoms with Gasteiger partial charge in [-0.15, -0.1) is 0 Å². The molecule has 0 bridgehead atoms. The Hall–Kier alpha value is -2.80. The van der Waals surface area contributed by atoms with Crippen LogP contribution in [0.25, 0.3) is 5.57 Å². The summed E-state index contributed by atoms with van der Waals surface area (Å²) >= 11 is 0. The quantitative estimate of drug-likeness (QED) is 0.694. The number of hydrogen-bond donors (Lipinski definition) is 1. The van der Waals surface area contributed by atoms with Crippen molar-refractivity contribution in [2.45, 2.75) is 12.3 Å². The van der Waals surface area contributed by atoms with E-state index in [1.165, 1.54) is 22.3 Å². The van der Waals surface area contributed by atoms with Crippen LogP contribution in [0.2, 0.25) is 0 Å². The van der Waals surface area contributed by atoms with E-state index in [0.717, 1.165) is 5.56 Å². The molecule has 1 heteroatoms. The molecule has 23 heavy (non-hydrogen) atoms. The number of phenolic OH excluding ortho intramolecular Hbond substituents is 1. The summed E-state index contributed by atoms with van der Waals surface area (Å²) in [6.45, 7) is 2.27. The topological polar surface area (TPSA) is 20.2 Å². The number of rotatable bonds is 2. The lowest BCUT2D eigenvalue weighted by Crippen LogP contribution is -2.18. The van der Waals surface area contributed by atoms with Gasteiger partial charge in [-0.2, -0.15) is 0 Å². The second-order valence-corrected chi connectivity index (χ2v) is 6.22. The fraction of sp³-hybridized carbons (Fsp3) is 0.0909. The lowest BCUT2D eigenvalue weighted by atomic mass is 9.78. The molecule has 1 atom stereocenters. The summed E-state index contributed by atoms with van der Waals surface area (Å²) in [5.41, 5.74) is 6.12. The Bertz CT molecular complexity index is 875. The molecule has 1 aliphatic rings. The molecule has 0 spiro atoms. The van der Waals surface area contributed by atoms with E-state index in [-0.39, 0.29) is 5.41 Å². The highest BCUT2D eigenvalue weighted by molar-refractivity contribution is 5.88. The molecule has 0 saturated heterocycles. The first kappa shape index (κ1) is 13.8. The van der Waals surface area contributed by atoms with E-state index in [1.807, 2.05) is 12.1 Å². The first-order chi connectivity index (χ1) is 11.2. The summed E-state index contributed by atoms with van der Waals surface area (Å²) in [4.78, 5) is 0. The molecule has 1 N–H and O–H groups in total. The van der Waals surface area contributed by atoms with E-state index in [9.17, 15) is 5.11 Å². The molecule has 0 aromatic heterocycles. The fourth-order valence-electron chi connectivity index (χ4n) is 3.52. The van der Waals surface area contributed by atoms with Gasteiger partial charge >= 0.3 is 0 Å². The molecule has 1 aliphatic carbocycles. The summed E-state index contributed by atoms with van der Waals surface area (Å²) < 4.78 is 0. The van der Waals surface area contributed by atoms with Crippen LogP contribution in [0.1, 0.15) is 29.2 Å². The number of benzene rings is 3. The van der Waals surface area contributed by atoms with Crippen molar-refractivity contribution in [3.63, 3.8) is 0 Å². The fourth-order valence-corrected chi connectivity index (χ4v) is 3.52. The molecule has 1 unspecified atom stereocenters. The number of aromatic hydroxyl groups is 1. The molecule has 0 aliphatic heterocycles. The van der Waals surface area contributed by atoms with Gasteiger partial charge in [-0.25, -0.2) is 0 Å². The molecule has 112 valence electrons. The van der Waals surface area contributed by atoms with Crippen LogP contribution >= 0.6 is 0 Å². The zero-order valence-electron chi connectivity index (χ0n) is 13.0. The van der Waals surface area contributed by atoms with Crippen molar-refractivity contribution < 1.29 is 5.11 Å². The molecule has 0 amide bonds. The lowest BCUT2D eigenvalue weighted by molar-refractivity contribution is 0.475. The highest BCUT2D eigenvalue weighted by Crippen LogP contribution is 2.46. The van der Waals surface area contributed by atoms with E-state index in [2.05, 4.69) is 67.6 Å². The minimum Gasteiger partial charge on any atom is -0.508 e. The molecule has 0 radical (unpaired) electrons. The predicted octanol–water partition coefficient (Wildman–Crippen LogP) is 5.14. The van der Waals surface area contributed by atoms with Gasteiger partial charge in [-0.1, -0.05) is 72.8 Å².